The van der Waals surface area contributed by atoms with Gasteiger partial charge in [0.1, 0.15) is 19.3 Å². The number of hydrogen-bond donors (Lipinski definition) is 0. The van der Waals surface area contributed by atoms with Gasteiger partial charge in [-0.2, -0.15) is 0 Å². The van der Waals surface area contributed by atoms with Crippen molar-refractivity contribution >= 4 is 13.8 Å². The number of hydrogen-bond acceptors (Lipinski definition) is 7. The van der Waals surface area contributed by atoms with Crippen LogP contribution in [0.1, 0.15) is 251 Å². The summed E-state index contributed by atoms with van der Waals surface area (Å²) >= 11 is 0. The number of carbonyl (C=O) groups excluding carboxylic acids is 1. The molecule has 0 heterocycles. The van der Waals surface area contributed by atoms with Crippen LogP contribution >= 0.6 is 7.82 Å². The Kier molecular flexibility index (Phi) is 42.8. The molecule has 0 amide bonds. The van der Waals surface area contributed by atoms with Crippen LogP contribution in [0.4, 0.5) is 0 Å². The maximum absolute atomic E-state index is 12.7. The minimum absolute atomic E-state index is 0.0317. The molecule has 348 valence electrons. The van der Waals surface area contributed by atoms with Gasteiger partial charge >= 0.3 is 5.97 Å². The highest BCUT2D eigenvalue weighted by molar-refractivity contribution is 7.45. The zero-order valence-corrected chi connectivity index (χ0v) is 40.4. The van der Waals surface area contributed by atoms with E-state index in [1.807, 2.05) is 21.1 Å². The SMILES string of the molecule is CCCCCCCCCCCCCCCCCCCCCC(=O)OC(COCCCCCCCCCCCCCCCCCCC)COP(=O)([O-])OCC[N+](C)(C)C. The smallest absolute Gasteiger partial charge is 0.306 e. The molecule has 0 aliphatic heterocycles. The number of rotatable bonds is 48. The molecular weight excluding hydrogens is 746 g/mol. The third kappa shape index (κ3) is 46.6. The van der Waals surface area contributed by atoms with Gasteiger partial charge in [-0.15, -0.1) is 0 Å². The van der Waals surface area contributed by atoms with Crippen molar-refractivity contribution in [2.45, 2.75) is 258 Å². The molecule has 2 unspecified atom stereocenters. The first-order valence-electron chi connectivity index (χ1n) is 25.3. The van der Waals surface area contributed by atoms with Crippen molar-refractivity contribution in [2.75, 3.05) is 54.1 Å². The van der Waals surface area contributed by atoms with Gasteiger partial charge in [0.2, 0.25) is 0 Å². The molecule has 0 radical (unpaired) electrons. The molecule has 2 atom stereocenters. The van der Waals surface area contributed by atoms with Crippen LogP contribution in [0, 0.1) is 0 Å². The predicted molar refractivity (Wildman–Crippen MR) is 245 cm³/mol. The van der Waals surface area contributed by atoms with Crippen LogP contribution in [0.15, 0.2) is 0 Å². The molecule has 0 saturated carbocycles. The summed E-state index contributed by atoms with van der Waals surface area (Å²) in [6, 6.07) is 0. The van der Waals surface area contributed by atoms with E-state index in [2.05, 4.69) is 13.8 Å². The van der Waals surface area contributed by atoms with Gasteiger partial charge in [0, 0.05) is 13.0 Å². The summed E-state index contributed by atoms with van der Waals surface area (Å²) in [5.74, 6) is -0.325. The lowest BCUT2D eigenvalue weighted by molar-refractivity contribution is -0.870. The number of nitrogens with zero attached hydrogens (tertiary/aromatic N) is 1. The van der Waals surface area contributed by atoms with Gasteiger partial charge < -0.3 is 27.9 Å². The molecule has 58 heavy (non-hydrogen) atoms. The van der Waals surface area contributed by atoms with Crippen molar-refractivity contribution < 1.29 is 37.3 Å². The molecular formula is C49H100NO7P. The van der Waals surface area contributed by atoms with E-state index in [9.17, 15) is 14.3 Å². The fourth-order valence-corrected chi connectivity index (χ4v) is 8.22. The third-order valence-corrected chi connectivity index (χ3v) is 12.4. The number of carbonyl (C=O) groups is 1. The average molecular weight is 846 g/mol. The zero-order valence-electron chi connectivity index (χ0n) is 39.5. The minimum Gasteiger partial charge on any atom is -0.756 e. The highest BCUT2D eigenvalue weighted by atomic mass is 31.2. The Morgan fingerprint density at radius 3 is 1.14 bits per heavy atom. The number of unbranched alkanes of at least 4 members (excludes halogenated alkanes) is 34. The number of quaternary nitrogens is 1. The summed E-state index contributed by atoms with van der Waals surface area (Å²) in [5.41, 5.74) is 0. The minimum atomic E-state index is -4.52. The van der Waals surface area contributed by atoms with Crippen LogP contribution in [0.25, 0.3) is 0 Å². The number of phosphoric ester groups is 1. The lowest BCUT2D eigenvalue weighted by atomic mass is 10.0. The number of ether oxygens (including phenoxy) is 2. The van der Waals surface area contributed by atoms with Crippen molar-refractivity contribution in [3.8, 4) is 0 Å². The van der Waals surface area contributed by atoms with E-state index in [1.165, 1.54) is 199 Å². The van der Waals surface area contributed by atoms with Crippen LogP contribution in [-0.2, 0) is 27.9 Å². The molecule has 0 aromatic carbocycles. The second kappa shape index (κ2) is 43.2. The fraction of sp³-hybridized carbons (Fsp3) is 0.980. The monoisotopic (exact) mass is 846 g/mol. The molecule has 0 bridgehead atoms. The molecule has 0 aliphatic rings. The molecule has 0 aromatic heterocycles. The van der Waals surface area contributed by atoms with Gasteiger partial charge in [-0.05, 0) is 12.8 Å². The third-order valence-electron chi connectivity index (χ3n) is 11.4. The second-order valence-corrected chi connectivity index (χ2v) is 20.0. The number of esters is 1. The molecule has 0 fully saturated rings. The van der Waals surface area contributed by atoms with E-state index < -0.39 is 13.9 Å². The van der Waals surface area contributed by atoms with Crippen molar-refractivity contribution in [3.05, 3.63) is 0 Å². The van der Waals surface area contributed by atoms with Crippen molar-refractivity contribution in [2.24, 2.45) is 0 Å². The van der Waals surface area contributed by atoms with Gasteiger partial charge in [0.05, 0.1) is 34.4 Å². The second-order valence-electron chi connectivity index (χ2n) is 18.5. The van der Waals surface area contributed by atoms with Gasteiger partial charge in [-0.1, -0.05) is 232 Å². The molecule has 0 aromatic rings. The van der Waals surface area contributed by atoms with E-state index in [0.29, 0.717) is 24.1 Å². The van der Waals surface area contributed by atoms with Crippen molar-refractivity contribution in [1.82, 2.24) is 0 Å². The van der Waals surface area contributed by atoms with Crippen molar-refractivity contribution in [3.63, 3.8) is 0 Å². The molecule has 8 nitrogen and oxygen atoms in total. The van der Waals surface area contributed by atoms with Gasteiger partial charge in [-0.3, -0.25) is 9.36 Å². The Morgan fingerprint density at radius 1 is 0.466 bits per heavy atom. The maximum Gasteiger partial charge on any atom is 0.306 e. The normalized spacial score (nSPS) is 13.6. The molecule has 0 aliphatic carbocycles. The largest absolute Gasteiger partial charge is 0.756 e. The van der Waals surface area contributed by atoms with Gasteiger partial charge in [0.15, 0.2) is 0 Å². The van der Waals surface area contributed by atoms with Crippen LogP contribution in [0.5, 0.6) is 0 Å². The highest BCUT2D eigenvalue weighted by Gasteiger charge is 2.20. The first-order valence-corrected chi connectivity index (χ1v) is 26.7. The van der Waals surface area contributed by atoms with E-state index in [-0.39, 0.29) is 25.8 Å². The van der Waals surface area contributed by atoms with E-state index in [0.717, 1.165) is 32.1 Å². The Hall–Kier alpha value is -0.500. The van der Waals surface area contributed by atoms with Gasteiger partial charge in [0.25, 0.3) is 7.82 Å². The van der Waals surface area contributed by atoms with E-state index in [1.54, 1.807) is 0 Å². The first kappa shape index (κ1) is 57.5. The van der Waals surface area contributed by atoms with Crippen LogP contribution in [0.3, 0.4) is 0 Å². The Labute approximate surface area is 361 Å². The zero-order chi connectivity index (χ0) is 42.7. The summed E-state index contributed by atoms with van der Waals surface area (Å²) in [6.07, 6.45) is 46.9. The van der Waals surface area contributed by atoms with Gasteiger partial charge in [-0.25, -0.2) is 0 Å². The highest BCUT2D eigenvalue weighted by Crippen LogP contribution is 2.38. The summed E-state index contributed by atoms with van der Waals surface area (Å²) in [4.78, 5) is 25.1. The lowest BCUT2D eigenvalue weighted by Gasteiger charge is -2.28. The summed E-state index contributed by atoms with van der Waals surface area (Å²) in [5, 5.41) is 0. The summed E-state index contributed by atoms with van der Waals surface area (Å²) in [7, 11) is 1.38. The quantitative estimate of drug-likeness (QED) is 0.0260. The molecule has 0 saturated heterocycles. The standard InChI is InChI=1S/C49H100NO7P/c1-6-8-10-12-14-16-18-20-22-24-25-26-28-30-32-34-36-38-40-42-49(51)57-48(47-56-58(52,53)55-45-43-50(3,4)5)46-54-44-41-39-37-35-33-31-29-27-23-21-19-17-15-13-11-9-7-2/h48H,6-47H2,1-5H3. The fourth-order valence-electron chi connectivity index (χ4n) is 7.49. The Morgan fingerprint density at radius 2 is 0.793 bits per heavy atom. The molecule has 9 heteroatoms. The number of phosphoric acid groups is 1. The molecule has 0 N–H and O–H groups in total. The number of likely N-dealkylation sites (N-methyl/N-ethyl adjacent to an activating group) is 1. The lowest BCUT2D eigenvalue weighted by Crippen LogP contribution is -2.37. The van der Waals surface area contributed by atoms with Crippen molar-refractivity contribution in [1.29, 1.82) is 0 Å². The summed E-state index contributed by atoms with van der Waals surface area (Å²) < 4.78 is 34.7. The topological polar surface area (TPSA) is 94.1 Å². The Bertz CT molecular complexity index is 899. The molecule has 0 spiro atoms. The summed E-state index contributed by atoms with van der Waals surface area (Å²) in [6.45, 7) is 5.49. The van der Waals surface area contributed by atoms with Crippen LogP contribution < -0.4 is 4.89 Å². The van der Waals surface area contributed by atoms with Crippen LogP contribution in [0.2, 0.25) is 0 Å². The molecule has 0 rings (SSSR count). The maximum atomic E-state index is 12.7. The first-order chi connectivity index (χ1) is 28.1. The van der Waals surface area contributed by atoms with E-state index in [4.69, 9.17) is 18.5 Å². The Balaban J connectivity index is 4.10. The van der Waals surface area contributed by atoms with Crippen LogP contribution in [-0.4, -0.2) is 70.7 Å². The van der Waals surface area contributed by atoms with E-state index >= 15 is 0 Å². The average Bonchev–Trinajstić information content (AvgIpc) is 3.18. The predicted octanol–water partition coefficient (Wildman–Crippen LogP) is 14.6.